The van der Waals surface area contributed by atoms with Crippen LogP contribution in [0.4, 0.5) is 4.39 Å². The monoisotopic (exact) mass is 396 g/mol. The largest absolute Gasteiger partial charge is 0.497 e. The molecule has 0 saturated carbocycles. The van der Waals surface area contributed by atoms with Crippen LogP contribution in [-0.2, 0) is 0 Å². The van der Waals surface area contributed by atoms with Crippen LogP contribution in [0.25, 0.3) is 11.1 Å². The smallest absolute Gasteiger partial charge is 0.203 e. The van der Waals surface area contributed by atoms with Crippen LogP contribution in [0, 0.1) is 5.82 Å². The molecule has 0 bridgehead atoms. The van der Waals surface area contributed by atoms with E-state index in [1.807, 2.05) is 12.1 Å². The number of benzene rings is 3. The lowest BCUT2D eigenvalue weighted by Crippen LogP contribution is -2.06. The van der Waals surface area contributed by atoms with Crippen LogP contribution in [0.3, 0.4) is 0 Å². The van der Waals surface area contributed by atoms with Crippen molar-refractivity contribution >= 4 is 5.78 Å². The number of carbonyl (C=O) groups is 1. The van der Waals surface area contributed by atoms with Gasteiger partial charge >= 0.3 is 0 Å². The molecule has 3 aromatic carbocycles. The predicted molar refractivity (Wildman–Crippen MR) is 108 cm³/mol. The van der Waals surface area contributed by atoms with E-state index < -0.39 is 11.6 Å². The van der Waals surface area contributed by atoms with Gasteiger partial charge in [0, 0.05) is 5.56 Å². The summed E-state index contributed by atoms with van der Waals surface area (Å²) >= 11 is 0. The number of hydrogen-bond donors (Lipinski definition) is 0. The molecule has 0 N–H and O–H groups in total. The third-order valence-corrected chi connectivity index (χ3v) is 4.56. The Morgan fingerprint density at radius 1 is 0.724 bits per heavy atom. The second kappa shape index (κ2) is 8.65. The maximum Gasteiger partial charge on any atom is 0.203 e. The van der Waals surface area contributed by atoms with Crippen molar-refractivity contribution in [2.24, 2.45) is 0 Å². The first-order valence-electron chi connectivity index (χ1n) is 8.81. The van der Waals surface area contributed by atoms with E-state index in [0.29, 0.717) is 28.6 Å². The maximum atomic E-state index is 14.5. The summed E-state index contributed by atoms with van der Waals surface area (Å²) in [5.41, 5.74) is 1.73. The molecule has 29 heavy (non-hydrogen) atoms. The second-order valence-electron chi connectivity index (χ2n) is 6.17. The Kier molecular flexibility index (Phi) is 6.02. The standard InChI is InChI=1S/C23H21FO5/c1-26-17-8-5-14(6-9-17)15-7-10-19(24)18(11-15)22(25)16-12-20(27-2)23(29-4)21(13-16)28-3/h5-13H,1-4H3. The maximum absolute atomic E-state index is 14.5. The third kappa shape index (κ3) is 4.01. The molecule has 0 atom stereocenters. The first kappa shape index (κ1) is 20.2. The number of methoxy groups -OCH3 is 4. The lowest BCUT2D eigenvalue weighted by atomic mass is 9.97. The molecule has 3 rings (SSSR count). The molecule has 3 aromatic rings. The lowest BCUT2D eigenvalue weighted by Gasteiger charge is -2.14. The number of carbonyl (C=O) groups excluding carboxylic acids is 1. The average Bonchev–Trinajstić information content (AvgIpc) is 2.77. The van der Waals surface area contributed by atoms with Gasteiger partial charge in [0.15, 0.2) is 17.3 Å². The second-order valence-corrected chi connectivity index (χ2v) is 6.17. The molecular weight excluding hydrogens is 375 g/mol. The van der Waals surface area contributed by atoms with Crippen LogP contribution in [0.15, 0.2) is 54.6 Å². The van der Waals surface area contributed by atoms with Crippen LogP contribution < -0.4 is 18.9 Å². The molecule has 0 aliphatic heterocycles. The minimum atomic E-state index is -0.610. The van der Waals surface area contributed by atoms with Gasteiger partial charge < -0.3 is 18.9 Å². The summed E-state index contributed by atoms with van der Waals surface area (Å²) in [7, 11) is 5.97. The minimum Gasteiger partial charge on any atom is -0.497 e. The summed E-state index contributed by atoms with van der Waals surface area (Å²) in [6.07, 6.45) is 0. The molecule has 0 aliphatic rings. The number of hydrogen-bond acceptors (Lipinski definition) is 5. The van der Waals surface area contributed by atoms with Gasteiger partial charge in [-0.1, -0.05) is 18.2 Å². The van der Waals surface area contributed by atoms with Crippen molar-refractivity contribution in [3.8, 4) is 34.1 Å². The fraction of sp³-hybridized carbons (Fsp3) is 0.174. The zero-order chi connectivity index (χ0) is 21.0. The van der Waals surface area contributed by atoms with E-state index >= 15 is 0 Å². The highest BCUT2D eigenvalue weighted by Gasteiger charge is 2.20. The molecule has 0 unspecified atom stereocenters. The van der Waals surface area contributed by atoms with Gasteiger partial charge in [-0.25, -0.2) is 4.39 Å². The summed E-state index contributed by atoms with van der Waals surface area (Å²) < 4.78 is 35.5. The molecule has 0 fully saturated rings. The van der Waals surface area contributed by atoms with E-state index in [0.717, 1.165) is 5.56 Å². The highest BCUT2D eigenvalue weighted by molar-refractivity contribution is 6.10. The fourth-order valence-electron chi connectivity index (χ4n) is 3.03. The number of ether oxygens (including phenoxy) is 4. The van der Waals surface area contributed by atoms with E-state index in [1.165, 1.54) is 45.6 Å². The first-order chi connectivity index (χ1) is 14.0. The highest BCUT2D eigenvalue weighted by atomic mass is 19.1. The van der Waals surface area contributed by atoms with Crippen LogP contribution >= 0.6 is 0 Å². The van der Waals surface area contributed by atoms with E-state index in [2.05, 4.69) is 0 Å². The summed E-state index contributed by atoms with van der Waals surface area (Å²) in [4.78, 5) is 13.1. The molecule has 0 saturated heterocycles. The zero-order valence-electron chi connectivity index (χ0n) is 16.6. The van der Waals surface area contributed by atoms with Crippen molar-refractivity contribution in [3.63, 3.8) is 0 Å². The lowest BCUT2D eigenvalue weighted by molar-refractivity contribution is 0.103. The van der Waals surface area contributed by atoms with Gasteiger partial charge in [-0.05, 0) is 47.5 Å². The van der Waals surface area contributed by atoms with Crippen LogP contribution in [0.2, 0.25) is 0 Å². The van der Waals surface area contributed by atoms with Gasteiger partial charge in [0.05, 0.1) is 34.0 Å². The van der Waals surface area contributed by atoms with Gasteiger partial charge in [-0.15, -0.1) is 0 Å². The Bertz CT molecular complexity index is 1000. The van der Waals surface area contributed by atoms with E-state index in [9.17, 15) is 9.18 Å². The van der Waals surface area contributed by atoms with Gasteiger partial charge in [-0.3, -0.25) is 4.79 Å². The molecule has 0 heterocycles. The summed E-state index contributed by atoms with van der Waals surface area (Å²) in [6, 6.07) is 14.8. The Morgan fingerprint density at radius 3 is 1.83 bits per heavy atom. The van der Waals surface area contributed by atoms with Crippen LogP contribution in [0.5, 0.6) is 23.0 Å². The Hall–Kier alpha value is -3.54. The van der Waals surface area contributed by atoms with Crippen molar-refractivity contribution in [2.75, 3.05) is 28.4 Å². The molecule has 0 aliphatic carbocycles. The zero-order valence-corrected chi connectivity index (χ0v) is 16.6. The Labute approximate surface area is 168 Å². The number of halogens is 1. The van der Waals surface area contributed by atoms with Gasteiger partial charge in [-0.2, -0.15) is 0 Å². The molecule has 150 valence electrons. The molecule has 0 amide bonds. The fourth-order valence-corrected chi connectivity index (χ4v) is 3.03. The van der Waals surface area contributed by atoms with E-state index in [4.69, 9.17) is 18.9 Å². The van der Waals surface area contributed by atoms with Crippen molar-refractivity contribution in [2.45, 2.75) is 0 Å². The van der Waals surface area contributed by atoms with Crippen molar-refractivity contribution < 1.29 is 28.1 Å². The van der Waals surface area contributed by atoms with E-state index in [1.54, 1.807) is 25.3 Å². The van der Waals surface area contributed by atoms with Crippen molar-refractivity contribution in [1.29, 1.82) is 0 Å². The first-order valence-corrected chi connectivity index (χ1v) is 8.81. The Balaban J connectivity index is 2.05. The quantitative estimate of drug-likeness (QED) is 0.539. The molecule has 5 nitrogen and oxygen atoms in total. The molecule has 0 spiro atoms. The van der Waals surface area contributed by atoms with Crippen molar-refractivity contribution in [1.82, 2.24) is 0 Å². The van der Waals surface area contributed by atoms with Gasteiger partial charge in [0.1, 0.15) is 11.6 Å². The number of rotatable bonds is 7. The topological polar surface area (TPSA) is 54.0 Å². The molecule has 0 radical (unpaired) electrons. The summed E-state index contributed by atoms with van der Waals surface area (Å²) in [5.74, 6) is 0.616. The van der Waals surface area contributed by atoms with Crippen molar-refractivity contribution in [3.05, 3.63) is 71.5 Å². The van der Waals surface area contributed by atoms with Gasteiger partial charge in [0.2, 0.25) is 5.75 Å². The van der Waals surface area contributed by atoms with E-state index in [-0.39, 0.29) is 11.1 Å². The van der Waals surface area contributed by atoms with Gasteiger partial charge in [0.25, 0.3) is 0 Å². The third-order valence-electron chi connectivity index (χ3n) is 4.56. The normalized spacial score (nSPS) is 10.4. The SMILES string of the molecule is COc1ccc(-c2ccc(F)c(C(=O)c3cc(OC)c(OC)c(OC)c3)c2)cc1. The molecule has 0 aromatic heterocycles. The molecular formula is C23H21FO5. The Morgan fingerprint density at radius 2 is 1.31 bits per heavy atom. The molecule has 6 heteroatoms. The minimum absolute atomic E-state index is 0.0485. The summed E-state index contributed by atoms with van der Waals surface area (Å²) in [6.45, 7) is 0. The average molecular weight is 396 g/mol. The number of ketones is 1. The van der Waals surface area contributed by atoms with Crippen LogP contribution in [0.1, 0.15) is 15.9 Å². The summed E-state index contributed by atoms with van der Waals surface area (Å²) in [5, 5.41) is 0. The predicted octanol–water partition coefficient (Wildman–Crippen LogP) is 4.76. The van der Waals surface area contributed by atoms with Crippen LogP contribution in [-0.4, -0.2) is 34.2 Å². The highest BCUT2D eigenvalue weighted by Crippen LogP contribution is 2.39.